The van der Waals surface area contributed by atoms with Gasteiger partial charge in [-0.2, -0.15) is 0 Å². The summed E-state index contributed by atoms with van der Waals surface area (Å²) in [6.07, 6.45) is 67.6. The Hall–Kier alpha value is -1.80. The van der Waals surface area contributed by atoms with Crippen LogP contribution in [0.4, 0.5) is 0 Å². The van der Waals surface area contributed by atoms with Crippen LogP contribution in [0, 0.1) is 0 Å². The van der Waals surface area contributed by atoms with Gasteiger partial charge in [0.05, 0.1) is 39.9 Å². The average Bonchev–Trinajstić information content (AvgIpc) is 3.30. The van der Waals surface area contributed by atoms with E-state index in [1.165, 1.54) is 173 Å². The number of amides is 1. The molecule has 0 bridgehead atoms. The van der Waals surface area contributed by atoms with Crippen LogP contribution in [-0.4, -0.2) is 73.4 Å². The number of hydrogen-bond donors (Lipinski definition) is 3. The fourth-order valence-electron chi connectivity index (χ4n) is 8.16. The van der Waals surface area contributed by atoms with Crippen LogP contribution in [0.5, 0.6) is 0 Å². The molecule has 0 spiro atoms. The highest BCUT2D eigenvalue weighted by atomic mass is 31.2. The van der Waals surface area contributed by atoms with Gasteiger partial charge in [-0.25, -0.2) is 4.57 Å². The molecule has 3 atom stereocenters. The van der Waals surface area contributed by atoms with Crippen molar-refractivity contribution >= 4 is 13.7 Å². The fraction of sp³-hybridized carbons (Fsp3) is 0.814. The highest BCUT2D eigenvalue weighted by Crippen LogP contribution is 2.43. The van der Waals surface area contributed by atoms with Crippen molar-refractivity contribution in [2.24, 2.45) is 0 Å². The lowest BCUT2D eigenvalue weighted by atomic mass is 10.0. The Balaban J connectivity index is 4.26. The van der Waals surface area contributed by atoms with Crippen molar-refractivity contribution in [2.75, 3.05) is 40.9 Å². The molecule has 0 heterocycles. The molecule has 0 aliphatic carbocycles. The molecule has 0 aromatic heterocycles. The van der Waals surface area contributed by atoms with Crippen LogP contribution in [0.15, 0.2) is 60.8 Å². The van der Waals surface area contributed by atoms with Gasteiger partial charge < -0.3 is 19.8 Å². The van der Waals surface area contributed by atoms with Crippen molar-refractivity contribution < 1.29 is 32.9 Å². The lowest BCUT2D eigenvalue weighted by Gasteiger charge is -2.25. The van der Waals surface area contributed by atoms with E-state index in [-0.39, 0.29) is 19.1 Å². The second-order valence-corrected chi connectivity index (χ2v) is 22.1. The maximum Gasteiger partial charge on any atom is 0.472 e. The molecule has 9 heteroatoms. The number of quaternary nitrogens is 1. The topological polar surface area (TPSA) is 105 Å². The van der Waals surface area contributed by atoms with Crippen LogP contribution in [0.3, 0.4) is 0 Å². The van der Waals surface area contributed by atoms with E-state index in [1.807, 2.05) is 27.2 Å². The predicted octanol–water partition coefficient (Wildman–Crippen LogP) is 17.3. The number of nitrogens with zero attached hydrogens (tertiary/aromatic N) is 1. The summed E-state index contributed by atoms with van der Waals surface area (Å²) in [4.78, 5) is 23.2. The van der Waals surface area contributed by atoms with Gasteiger partial charge in [-0.15, -0.1) is 0 Å². The molecule has 8 nitrogen and oxygen atoms in total. The first-order valence-corrected chi connectivity index (χ1v) is 30.2. The summed E-state index contributed by atoms with van der Waals surface area (Å²) in [6, 6.07) is -0.877. The lowest BCUT2D eigenvalue weighted by Crippen LogP contribution is -2.45. The number of likely N-dealkylation sites (N-methyl/N-ethyl adjacent to an activating group) is 1. The van der Waals surface area contributed by atoms with Crippen molar-refractivity contribution in [2.45, 2.75) is 270 Å². The quantitative estimate of drug-likeness (QED) is 0.0243. The molecule has 398 valence electrons. The Morgan fingerprint density at radius 3 is 1.29 bits per heavy atom. The van der Waals surface area contributed by atoms with Gasteiger partial charge in [0.1, 0.15) is 13.2 Å². The van der Waals surface area contributed by atoms with Crippen molar-refractivity contribution in [3.63, 3.8) is 0 Å². The van der Waals surface area contributed by atoms with E-state index in [2.05, 4.69) is 67.8 Å². The number of aliphatic hydroxyl groups excluding tert-OH is 1. The molecule has 1 amide bonds. The molecule has 0 aromatic rings. The number of rotatable bonds is 52. The number of unbranched alkanes of at least 4 members (excludes halogenated alkanes) is 31. The zero-order chi connectivity index (χ0) is 49.9. The Morgan fingerprint density at radius 2 is 0.853 bits per heavy atom. The Kier molecular flexibility index (Phi) is 48.8. The van der Waals surface area contributed by atoms with E-state index in [4.69, 9.17) is 9.05 Å². The molecule has 3 N–H and O–H groups in total. The third-order valence-electron chi connectivity index (χ3n) is 12.7. The molecule has 0 aliphatic heterocycles. The number of phosphoric acid groups is 1. The third kappa shape index (κ3) is 52.0. The predicted molar refractivity (Wildman–Crippen MR) is 295 cm³/mol. The SMILES string of the molecule is CCCCC/C=C\C/C=C\CCCCCCCCCC(=O)NC(COP(=O)(O)OCC[N+](C)(C)C)C(O)/C=C/CC/C=C/CC/C=C/CCCCCCCCCCCCCCCCCCCCC. The van der Waals surface area contributed by atoms with Crippen LogP contribution >= 0.6 is 7.82 Å². The van der Waals surface area contributed by atoms with Gasteiger partial charge in [0.25, 0.3) is 0 Å². The number of hydrogen-bond acceptors (Lipinski definition) is 5. The van der Waals surface area contributed by atoms with Crippen LogP contribution < -0.4 is 5.32 Å². The number of carbonyl (C=O) groups is 1. The minimum absolute atomic E-state index is 0.0500. The maximum absolute atomic E-state index is 12.9. The first kappa shape index (κ1) is 66.2. The number of allylic oxidation sites excluding steroid dienone is 9. The first-order chi connectivity index (χ1) is 33.0. The van der Waals surface area contributed by atoms with Gasteiger partial charge in [0.2, 0.25) is 5.91 Å². The third-order valence-corrected chi connectivity index (χ3v) is 13.7. The van der Waals surface area contributed by atoms with E-state index < -0.39 is 20.0 Å². The molecule has 0 aliphatic rings. The van der Waals surface area contributed by atoms with E-state index >= 15 is 0 Å². The minimum atomic E-state index is -4.36. The van der Waals surface area contributed by atoms with Crippen LogP contribution in [0.2, 0.25) is 0 Å². The normalized spacial score (nSPS) is 14.4. The van der Waals surface area contributed by atoms with E-state index in [1.54, 1.807) is 6.08 Å². The molecule has 0 radical (unpaired) electrons. The van der Waals surface area contributed by atoms with Gasteiger partial charge in [-0.1, -0.05) is 235 Å². The van der Waals surface area contributed by atoms with E-state index in [0.29, 0.717) is 17.4 Å². The molecule has 0 aromatic carbocycles. The van der Waals surface area contributed by atoms with Crippen molar-refractivity contribution in [1.29, 1.82) is 0 Å². The van der Waals surface area contributed by atoms with Crippen LogP contribution in [0.25, 0.3) is 0 Å². The van der Waals surface area contributed by atoms with Gasteiger partial charge >= 0.3 is 7.82 Å². The average molecular weight is 977 g/mol. The summed E-state index contributed by atoms with van der Waals surface area (Å²) in [5.74, 6) is -0.199. The van der Waals surface area contributed by atoms with Gasteiger partial charge in [0.15, 0.2) is 0 Å². The highest BCUT2D eigenvalue weighted by Gasteiger charge is 2.27. The van der Waals surface area contributed by atoms with Gasteiger partial charge in [0, 0.05) is 6.42 Å². The summed E-state index contributed by atoms with van der Waals surface area (Å²) in [5, 5.41) is 13.9. The summed E-state index contributed by atoms with van der Waals surface area (Å²) in [7, 11) is 1.54. The summed E-state index contributed by atoms with van der Waals surface area (Å²) < 4.78 is 23.7. The molecular formula is C59H112N2O6P+. The highest BCUT2D eigenvalue weighted by molar-refractivity contribution is 7.47. The standard InChI is InChI=1S/C59H111N2O6P/c1-6-8-10-12-14-16-18-20-22-24-25-26-27-28-29-30-31-32-33-34-35-37-38-40-42-44-46-48-50-52-58(62)57(56-67-68(64,65)66-55-54-61(3,4)5)60-59(63)53-51-49-47-45-43-41-39-36-23-21-19-17-15-13-11-9-7-2/h15,17,21,23,35,37,42,44,50,52,57-58,62H,6-14,16,18-20,22,24-34,36,38-41,43,45-49,51,53-56H2,1-5H3,(H-,60,63,64,65)/p+1/b17-15-,23-21-,37-35+,44-42+,52-50+. The molecule has 0 saturated carbocycles. The van der Waals surface area contributed by atoms with Gasteiger partial charge in [-0.05, 0) is 77.0 Å². The Bertz CT molecular complexity index is 1290. The number of phosphoric ester groups is 1. The van der Waals surface area contributed by atoms with Crippen molar-refractivity contribution in [3.8, 4) is 0 Å². The summed E-state index contributed by atoms with van der Waals surface area (Å²) >= 11 is 0. The van der Waals surface area contributed by atoms with E-state index in [0.717, 1.165) is 64.2 Å². The number of nitrogens with one attached hydrogen (secondary N) is 1. The van der Waals surface area contributed by atoms with Crippen LogP contribution in [0.1, 0.15) is 258 Å². The van der Waals surface area contributed by atoms with Crippen molar-refractivity contribution in [3.05, 3.63) is 60.8 Å². The lowest BCUT2D eigenvalue weighted by molar-refractivity contribution is -0.870. The second-order valence-electron chi connectivity index (χ2n) is 20.6. The second kappa shape index (κ2) is 50.2. The molecule has 0 fully saturated rings. The minimum Gasteiger partial charge on any atom is -0.387 e. The smallest absolute Gasteiger partial charge is 0.387 e. The van der Waals surface area contributed by atoms with Gasteiger partial charge in [-0.3, -0.25) is 13.8 Å². The largest absolute Gasteiger partial charge is 0.472 e. The summed E-state index contributed by atoms with van der Waals surface area (Å²) in [6.45, 7) is 4.77. The maximum atomic E-state index is 12.9. The molecule has 0 rings (SSSR count). The zero-order valence-electron chi connectivity index (χ0n) is 45.3. The van der Waals surface area contributed by atoms with E-state index in [9.17, 15) is 19.4 Å². The van der Waals surface area contributed by atoms with Crippen LogP contribution in [-0.2, 0) is 18.4 Å². The fourth-order valence-corrected chi connectivity index (χ4v) is 8.90. The monoisotopic (exact) mass is 976 g/mol. The first-order valence-electron chi connectivity index (χ1n) is 28.7. The number of carbonyl (C=O) groups excluding carboxylic acids is 1. The Labute approximate surface area is 422 Å². The Morgan fingerprint density at radius 1 is 0.500 bits per heavy atom. The molecule has 3 unspecified atom stereocenters. The zero-order valence-corrected chi connectivity index (χ0v) is 46.2. The molecular weight excluding hydrogens is 864 g/mol. The number of aliphatic hydroxyl groups is 1. The molecule has 68 heavy (non-hydrogen) atoms. The summed E-state index contributed by atoms with van der Waals surface area (Å²) in [5.41, 5.74) is 0. The van der Waals surface area contributed by atoms with Crippen molar-refractivity contribution in [1.82, 2.24) is 5.32 Å². The molecule has 0 saturated heterocycles.